The maximum absolute atomic E-state index is 4.38. The minimum absolute atomic E-state index is 0.494. The Morgan fingerprint density at radius 2 is 2.05 bits per heavy atom. The van der Waals surface area contributed by atoms with Crippen LogP contribution in [0.15, 0.2) is 40.9 Å². The zero-order chi connectivity index (χ0) is 13.9. The van der Waals surface area contributed by atoms with Crippen molar-refractivity contribution in [3.63, 3.8) is 0 Å². The Morgan fingerprint density at radius 3 is 2.75 bits per heavy atom. The summed E-state index contributed by atoms with van der Waals surface area (Å²) in [6.07, 6.45) is 0. The molecule has 1 aromatic heterocycles. The number of hydrogen-bond donors (Lipinski definition) is 1. The van der Waals surface area contributed by atoms with Gasteiger partial charge in [-0.3, -0.25) is 0 Å². The molecule has 3 rings (SSSR count). The average molecular weight is 333 g/mol. The molecule has 1 unspecified atom stereocenters. The van der Waals surface area contributed by atoms with E-state index in [-0.39, 0.29) is 0 Å². The molecule has 0 bridgehead atoms. The average Bonchev–Trinajstić information content (AvgIpc) is 2.48. The smallest absolute Gasteiger partial charge is 0.151 e. The molecule has 1 aliphatic heterocycles. The number of hydrogen-bond acceptors (Lipinski definition) is 4. The molecule has 5 heteroatoms. The highest BCUT2D eigenvalue weighted by Gasteiger charge is 2.17. The largest absolute Gasteiger partial charge is 0.352 e. The van der Waals surface area contributed by atoms with Crippen LogP contribution >= 0.6 is 15.9 Å². The summed E-state index contributed by atoms with van der Waals surface area (Å²) in [7, 11) is 0. The van der Waals surface area contributed by atoms with Gasteiger partial charge in [0.1, 0.15) is 0 Å². The highest BCUT2D eigenvalue weighted by molar-refractivity contribution is 9.10. The van der Waals surface area contributed by atoms with Crippen molar-refractivity contribution < 1.29 is 0 Å². The van der Waals surface area contributed by atoms with E-state index in [0.29, 0.717) is 6.04 Å². The second kappa shape index (κ2) is 5.89. The van der Waals surface area contributed by atoms with Gasteiger partial charge in [-0.15, -0.1) is 10.2 Å². The lowest BCUT2D eigenvalue weighted by molar-refractivity contribution is 0.481. The van der Waals surface area contributed by atoms with E-state index in [0.717, 1.165) is 41.2 Å². The lowest BCUT2D eigenvalue weighted by atomic mass is 10.1. The fourth-order valence-corrected chi connectivity index (χ4v) is 2.93. The predicted molar refractivity (Wildman–Crippen MR) is 84.8 cm³/mol. The number of nitrogens with zero attached hydrogens (tertiary/aromatic N) is 3. The first-order valence-electron chi connectivity index (χ1n) is 6.81. The number of halogens is 1. The van der Waals surface area contributed by atoms with Gasteiger partial charge in [-0.1, -0.05) is 34.1 Å². The van der Waals surface area contributed by atoms with Gasteiger partial charge in [0.25, 0.3) is 0 Å². The van der Waals surface area contributed by atoms with Crippen molar-refractivity contribution in [1.29, 1.82) is 0 Å². The number of piperazine rings is 1. The van der Waals surface area contributed by atoms with Gasteiger partial charge in [0.15, 0.2) is 5.82 Å². The predicted octanol–water partition coefficient (Wildman–Crippen LogP) is 2.70. The van der Waals surface area contributed by atoms with Gasteiger partial charge in [0, 0.05) is 35.7 Å². The molecule has 1 fully saturated rings. The van der Waals surface area contributed by atoms with Crippen LogP contribution in [-0.4, -0.2) is 35.9 Å². The van der Waals surface area contributed by atoms with Crippen LogP contribution in [0.3, 0.4) is 0 Å². The molecule has 20 heavy (non-hydrogen) atoms. The Kier molecular flexibility index (Phi) is 3.98. The van der Waals surface area contributed by atoms with Crippen LogP contribution in [0.1, 0.15) is 6.92 Å². The molecule has 0 amide bonds. The van der Waals surface area contributed by atoms with Crippen LogP contribution in [0.2, 0.25) is 0 Å². The molecule has 1 atom stereocenters. The van der Waals surface area contributed by atoms with E-state index in [2.05, 4.69) is 49.3 Å². The standard InChI is InChI=1S/C15H17BrN4/c1-11-10-20(9-8-17-11)15-7-6-14(18-19-15)12-4-2-3-5-13(12)16/h2-7,11,17H,8-10H2,1H3. The highest BCUT2D eigenvalue weighted by Crippen LogP contribution is 2.26. The molecule has 0 aliphatic carbocycles. The van der Waals surface area contributed by atoms with E-state index >= 15 is 0 Å². The highest BCUT2D eigenvalue weighted by atomic mass is 79.9. The Balaban J connectivity index is 1.83. The summed E-state index contributed by atoms with van der Waals surface area (Å²) in [4.78, 5) is 2.28. The molecule has 1 aliphatic rings. The normalized spacial score (nSPS) is 19.1. The third-order valence-electron chi connectivity index (χ3n) is 3.49. The minimum atomic E-state index is 0.494. The summed E-state index contributed by atoms with van der Waals surface area (Å²) in [5.74, 6) is 0.953. The molecule has 1 N–H and O–H groups in total. The molecule has 1 aromatic carbocycles. The van der Waals surface area contributed by atoms with E-state index in [9.17, 15) is 0 Å². The van der Waals surface area contributed by atoms with Crippen molar-refractivity contribution in [1.82, 2.24) is 15.5 Å². The fourth-order valence-electron chi connectivity index (χ4n) is 2.45. The number of benzene rings is 1. The Hall–Kier alpha value is -1.46. The van der Waals surface area contributed by atoms with Gasteiger partial charge >= 0.3 is 0 Å². The van der Waals surface area contributed by atoms with Crippen molar-refractivity contribution in [2.24, 2.45) is 0 Å². The van der Waals surface area contributed by atoms with E-state index in [1.165, 1.54) is 0 Å². The summed E-state index contributed by atoms with van der Waals surface area (Å²) in [5, 5.41) is 12.2. The number of nitrogens with one attached hydrogen (secondary N) is 1. The monoisotopic (exact) mass is 332 g/mol. The summed E-state index contributed by atoms with van der Waals surface area (Å²) >= 11 is 3.55. The summed E-state index contributed by atoms with van der Waals surface area (Å²) in [6, 6.07) is 12.7. The minimum Gasteiger partial charge on any atom is -0.352 e. The third kappa shape index (κ3) is 2.83. The third-order valence-corrected chi connectivity index (χ3v) is 4.18. The zero-order valence-corrected chi connectivity index (χ0v) is 13.0. The molecular weight excluding hydrogens is 316 g/mol. The van der Waals surface area contributed by atoms with Crippen molar-refractivity contribution in [3.05, 3.63) is 40.9 Å². The van der Waals surface area contributed by atoms with Gasteiger partial charge in [-0.25, -0.2) is 0 Å². The topological polar surface area (TPSA) is 41.1 Å². The summed E-state index contributed by atoms with van der Waals surface area (Å²) < 4.78 is 1.04. The zero-order valence-electron chi connectivity index (χ0n) is 11.4. The molecule has 0 spiro atoms. The second-order valence-corrected chi connectivity index (χ2v) is 5.91. The van der Waals surface area contributed by atoms with Gasteiger partial charge in [0.05, 0.1) is 5.69 Å². The molecule has 0 radical (unpaired) electrons. The molecule has 0 saturated carbocycles. The van der Waals surface area contributed by atoms with Gasteiger partial charge in [-0.2, -0.15) is 0 Å². The maximum Gasteiger partial charge on any atom is 0.151 e. The fraction of sp³-hybridized carbons (Fsp3) is 0.333. The van der Waals surface area contributed by atoms with Gasteiger partial charge in [-0.05, 0) is 25.1 Å². The van der Waals surface area contributed by atoms with Crippen molar-refractivity contribution >= 4 is 21.7 Å². The van der Waals surface area contributed by atoms with E-state index in [1.54, 1.807) is 0 Å². The summed E-state index contributed by atoms with van der Waals surface area (Å²) in [6.45, 7) is 5.14. The molecular formula is C15H17BrN4. The summed E-state index contributed by atoms with van der Waals surface area (Å²) in [5.41, 5.74) is 1.96. The maximum atomic E-state index is 4.38. The van der Waals surface area contributed by atoms with E-state index in [4.69, 9.17) is 0 Å². The molecule has 4 nitrogen and oxygen atoms in total. The number of rotatable bonds is 2. The first-order chi connectivity index (χ1) is 9.74. The lowest BCUT2D eigenvalue weighted by Crippen LogP contribution is -2.49. The van der Waals surface area contributed by atoms with Gasteiger partial charge in [0.2, 0.25) is 0 Å². The first kappa shape index (κ1) is 13.5. The number of anilines is 1. The molecule has 1 saturated heterocycles. The van der Waals surface area contributed by atoms with Crippen molar-refractivity contribution in [3.8, 4) is 11.3 Å². The van der Waals surface area contributed by atoms with E-state index < -0.39 is 0 Å². The Bertz CT molecular complexity index is 585. The van der Waals surface area contributed by atoms with Crippen molar-refractivity contribution in [2.45, 2.75) is 13.0 Å². The van der Waals surface area contributed by atoms with Crippen LogP contribution in [0.5, 0.6) is 0 Å². The van der Waals surface area contributed by atoms with Crippen LogP contribution in [0.25, 0.3) is 11.3 Å². The quantitative estimate of drug-likeness (QED) is 0.918. The van der Waals surface area contributed by atoms with Crippen molar-refractivity contribution in [2.75, 3.05) is 24.5 Å². The second-order valence-electron chi connectivity index (χ2n) is 5.06. The van der Waals surface area contributed by atoms with Gasteiger partial charge < -0.3 is 10.2 Å². The lowest BCUT2D eigenvalue weighted by Gasteiger charge is -2.32. The SMILES string of the molecule is CC1CN(c2ccc(-c3ccccc3Br)nn2)CCN1. The Labute approximate surface area is 127 Å². The molecule has 2 heterocycles. The number of aromatic nitrogens is 2. The first-order valence-corrected chi connectivity index (χ1v) is 7.60. The molecule has 104 valence electrons. The van der Waals surface area contributed by atoms with Crippen LogP contribution in [-0.2, 0) is 0 Å². The van der Waals surface area contributed by atoms with E-state index in [1.807, 2.05) is 30.3 Å². The Morgan fingerprint density at radius 1 is 1.20 bits per heavy atom. The van der Waals surface area contributed by atoms with Crippen LogP contribution in [0, 0.1) is 0 Å². The van der Waals surface area contributed by atoms with Crippen LogP contribution < -0.4 is 10.2 Å². The molecule has 2 aromatic rings. The van der Waals surface area contributed by atoms with Crippen LogP contribution in [0.4, 0.5) is 5.82 Å².